The average Bonchev–Trinajstić information content (AvgIpc) is 2.81. The number of aromatic nitrogens is 3. The minimum Gasteiger partial charge on any atom is -0.385 e. The lowest BCUT2D eigenvalue weighted by Gasteiger charge is -2.30. The van der Waals surface area contributed by atoms with E-state index in [9.17, 15) is 5.11 Å². The standard InChI is InChI=1S/C11H19N3O/c1-2-8-4-3-5-9(6-8)10(15)11-12-7-13-14-11/h7-10,15H,2-6H2,1H3,(H,12,13,14). The van der Waals surface area contributed by atoms with Gasteiger partial charge >= 0.3 is 0 Å². The predicted octanol–water partition coefficient (Wildman–Crippen LogP) is 2.05. The maximum atomic E-state index is 10.1. The largest absolute Gasteiger partial charge is 0.385 e. The molecular formula is C11H19N3O. The highest BCUT2D eigenvalue weighted by atomic mass is 16.3. The number of aliphatic hydroxyl groups excluding tert-OH is 1. The second kappa shape index (κ2) is 4.75. The molecule has 84 valence electrons. The topological polar surface area (TPSA) is 61.8 Å². The molecule has 15 heavy (non-hydrogen) atoms. The predicted molar refractivity (Wildman–Crippen MR) is 57.1 cm³/mol. The molecule has 0 aromatic carbocycles. The Kier molecular flexibility index (Phi) is 3.36. The molecule has 0 radical (unpaired) electrons. The lowest BCUT2D eigenvalue weighted by atomic mass is 9.77. The summed E-state index contributed by atoms with van der Waals surface area (Å²) in [5.41, 5.74) is 0. The van der Waals surface area contributed by atoms with E-state index >= 15 is 0 Å². The summed E-state index contributed by atoms with van der Waals surface area (Å²) in [6.45, 7) is 2.23. The number of aromatic amines is 1. The first-order valence-electron chi connectivity index (χ1n) is 5.84. The fourth-order valence-corrected chi connectivity index (χ4v) is 2.57. The molecule has 4 nitrogen and oxygen atoms in total. The number of H-pyrrole nitrogens is 1. The number of rotatable bonds is 3. The van der Waals surface area contributed by atoms with Gasteiger partial charge in [-0.25, -0.2) is 4.98 Å². The van der Waals surface area contributed by atoms with Crippen LogP contribution >= 0.6 is 0 Å². The van der Waals surface area contributed by atoms with Crippen LogP contribution in [0.25, 0.3) is 0 Å². The van der Waals surface area contributed by atoms with Gasteiger partial charge in [0.25, 0.3) is 0 Å². The number of nitrogens with one attached hydrogen (secondary N) is 1. The molecule has 1 aliphatic rings. The first-order chi connectivity index (χ1) is 7.31. The fraction of sp³-hybridized carbons (Fsp3) is 0.818. The molecule has 1 aromatic heterocycles. The van der Waals surface area contributed by atoms with Crippen LogP contribution in [0.2, 0.25) is 0 Å². The molecule has 0 saturated heterocycles. The Balaban J connectivity index is 1.98. The molecule has 2 rings (SSSR count). The molecule has 3 atom stereocenters. The van der Waals surface area contributed by atoms with Crippen LogP contribution in [0.1, 0.15) is 51.0 Å². The van der Waals surface area contributed by atoms with Gasteiger partial charge in [0.1, 0.15) is 12.4 Å². The Morgan fingerprint density at radius 3 is 3.13 bits per heavy atom. The molecule has 1 saturated carbocycles. The van der Waals surface area contributed by atoms with Crippen molar-refractivity contribution in [2.45, 2.75) is 45.1 Å². The zero-order valence-corrected chi connectivity index (χ0v) is 9.19. The van der Waals surface area contributed by atoms with Crippen molar-refractivity contribution in [3.05, 3.63) is 12.2 Å². The summed E-state index contributed by atoms with van der Waals surface area (Å²) >= 11 is 0. The molecule has 4 heteroatoms. The molecular weight excluding hydrogens is 190 g/mol. The Morgan fingerprint density at radius 1 is 1.60 bits per heavy atom. The van der Waals surface area contributed by atoms with E-state index in [4.69, 9.17) is 0 Å². The van der Waals surface area contributed by atoms with E-state index in [2.05, 4.69) is 22.1 Å². The number of hydrogen-bond donors (Lipinski definition) is 2. The molecule has 3 unspecified atom stereocenters. The van der Waals surface area contributed by atoms with Crippen LogP contribution in [-0.2, 0) is 0 Å². The van der Waals surface area contributed by atoms with Crippen molar-refractivity contribution in [2.24, 2.45) is 11.8 Å². The van der Waals surface area contributed by atoms with Crippen LogP contribution in [0.5, 0.6) is 0 Å². The quantitative estimate of drug-likeness (QED) is 0.801. The van der Waals surface area contributed by atoms with Crippen molar-refractivity contribution in [3.8, 4) is 0 Å². The van der Waals surface area contributed by atoms with Crippen molar-refractivity contribution in [2.75, 3.05) is 0 Å². The van der Waals surface area contributed by atoms with Crippen molar-refractivity contribution in [3.63, 3.8) is 0 Å². The monoisotopic (exact) mass is 209 g/mol. The Bertz CT molecular complexity index is 286. The number of nitrogens with zero attached hydrogens (tertiary/aromatic N) is 2. The SMILES string of the molecule is CCC1CCCC(C(O)c2ncn[nH]2)C1. The van der Waals surface area contributed by atoms with E-state index in [-0.39, 0.29) is 0 Å². The van der Waals surface area contributed by atoms with Crippen LogP contribution in [0, 0.1) is 11.8 Å². The van der Waals surface area contributed by atoms with Gasteiger partial charge in [0.2, 0.25) is 0 Å². The molecule has 2 N–H and O–H groups in total. The Morgan fingerprint density at radius 2 is 2.47 bits per heavy atom. The van der Waals surface area contributed by atoms with Crippen molar-refractivity contribution < 1.29 is 5.11 Å². The van der Waals surface area contributed by atoms with Crippen LogP contribution in [0.4, 0.5) is 0 Å². The maximum absolute atomic E-state index is 10.1. The fourth-order valence-electron chi connectivity index (χ4n) is 2.57. The summed E-state index contributed by atoms with van der Waals surface area (Å²) in [4.78, 5) is 4.03. The highest BCUT2D eigenvalue weighted by molar-refractivity contribution is 4.91. The van der Waals surface area contributed by atoms with Gasteiger partial charge in [0.15, 0.2) is 5.82 Å². The lowest BCUT2D eigenvalue weighted by Crippen LogP contribution is -2.22. The van der Waals surface area contributed by atoms with E-state index < -0.39 is 6.10 Å². The summed E-state index contributed by atoms with van der Waals surface area (Å²) in [6, 6.07) is 0. The summed E-state index contributed by atoms with van der Waals surface area (Å²) in [5, 5.41) is 16.7. The Hall–Kier alpha value is -0.900. The normalized spacial score (nSPS) is 28.9. The van der Waals surface area contributed by atoms with Gasteiger partial charge in [0.05, 0.1) is 0 Å². The minimum absolute atomic E-state index is 0.358. The van der Waals surface area contributed by atoms with Gasteiger partial charge < -0.3 is 5.11 Å². The van der Waals surface area contributed by atoms with E-state index in [0.29, 0.717) is 11.7 Å². The zero-order valence-electron chi connectivity index (χ0n) is 9.19. The first kappa shape index (κ1) is 10.6. The third-order valence-electron chi connectivity index (χ3n) is 3.56. The summed E-state index contributed by atoms with van der Waals surface area (Å²) in [6.07, 6.45) is 7.00. The highest BCUT2D eigenvalue weighted by Crippen LogP contribution is 2.37. The number of hydrogen-bond acceptors (Lipinski definition) is 3. The zero-order chi connectivity index (χ0) is 10.7. The molecule has 1 aliphatic carbocycles. The van der Waals surface area contributed by atoms with Gasteiger partial charge in [-0.3, -0.25) is 5.10 Å². The third-order valence-corrected chi connectivity index (χ3v) is 3.56. The van der Waals surface area contributed by atoms with Gasteiger partial charge in [-0.15, -0.1) is 0 Å². The Labute approximate surface area is 90.1 Å². The number of aliphatic hydroxyl groups is 1. The van der Waals surface area contributed by atoms with Crippen LogP contribution in [-0.4, -0.2) is 20.3 Å². The van der Waals surface area contributed by atoms with E-state index in [1.54, 1.807) is 0 Å². The lowest BCUT2D eigenvalue weighted by molar-refractivity contribution is 0.0612. The van der Waals surface area contributed by atoms with E-state index in [1.807, 2.05) is 0 Å². The van der Waals surface area contributed by atoms with Crippen LogP contribution < -0.4 is 0 Å². The molecule has 1 heterocycles. The van der Waals surface area contributed by atoms with Gasteiger partial charge in [-0.05, 0) is 24.7 Å². The second-order valence-corrected chi connectivity index (χ2v) is 4.52. The van der Waals surface area contributed by atoms with Crippen molar-refractivity contribution >= 4 is 0 Å². The summed E-state index contributed by atoms with van der Waals surface area (Å²) in [7, 11) is 0. The molecule has 0 amide bonds. The van der Waals surface area contributed by atoms with Crippen molar-refractivity contribution in [1.82, 2.24) is 15.2 Å². The minimum atomic E-state index is -0.457. The smallest absolute Gasteiger partial charge is 0.153 e. The first-order valence-corrected chi connectivity index (χ1v) is 5.84. The van der Waals surface area contributed by atoms with E-state index in [0.717, 1.165) is 18.8 Å². The molecule has 0 spiro atoms. The molecule has 1 fully saturated rings. The maximum Gasteiger partial charge on any atom is 0.153 e. The molecule has 1 aromatic rings. The van der Waals surface area contributed by atoms with Crippen LogP contribution in [0.15, 0.2) is 6.33 Å². The van der Waals surface area contributed by atoms with Gasteiger partial charge in [-0.1, -0.05) is 26.2 Å². The highest BCUT2D eigenvalue weighted by Gasteiger charge is 2.28. The average molecular weight is 209 g/mol. The summed E-state index contributed by atoms with van der Waals surface area (Å²) < 4.78 is 0. The van der Waals surface area contributed by atoms with Gasteiger partial charge in [0, 0.05) is 0 Å². The molecule has 0 aliphatic heterocycles. The summed E-state index contributed by atoms with van der Waals surface area (Å²) in [5.74, 6) is 1.76. The van der Waals surface area contributed by atoms with E-state index in [1.165, 1.54) is 25.6 Å². The van der Waals surface area contributed by atoms with Crippen LogP contribution in [0.3, 0.4) is 0 Å². The van der Waals surface area contributed by atoms with Crippen molar-refractivity contribution in [1.29, 1.82) is 0 Å². The van der Waals surface area contributed by atoms with Gasteiger partial charge in [-0.2, -0.15) is 5.10 Å². The molecule has 0 bridgehead atoms. The second-order valence-electron chi connectivity index (χ2n) is 4.52. The third kappa shape index (κ3) is 2.37.